The molecular formula is C25H35N3O3S. The Hall–Kier alpha value is -2.38. The van der Waals surface area contributed by atoms with E-state index >= 15 is 0 Å². The summed E-state index contributed by atoms with van der Waals surface area (Å²) in [6.45, 7) is 11.7. The molecule has 1 saturated heterocycles. The Bertz CT molecular complexity index is 1060. The molecule has 6 nitrogen and oxygen atoms in total. The highest BCUT2D eigenvalue weighted by Gasteiger charge is 2.20. The van der Waals surface area contributed by atoms with E-state index in [2.05, 4.69) is 21.9 Å². The number of hydrogen-bond donors (Lipinski definition) is 2. The van der Waals surface area contributed by atoms with Crippen LogP contribution in [-0.2, 0) is 10.0 Å². The maximum atomic E-state index is 13.1. The number of likely N-dealkylation sites (tertiary alicyclic amines) is 1. The van der Waals surface area contributed by atoms with E-state index in [4.69, 9.17) is 0 Å². The Kier molecular flexibility index (Phi) is 7.96. The van der Waals surface area contributed by atoms with Crippen molar-refractivity contribution in [3.8, 4) is 0 Å². The average Bonchev–Trinajstić information content (AvgIpc) is 2.75. The van der Waals surface area contributed by atoms with E-state index in [0.29, 0.717) is 23.4 Å². The van der Waals surface area contributed by atoms with E-state index in [0.717, 1.165) is 43.1 Å². The van der Waals surface area contributed by atoms with Gasteiger partial charge >= 0.3 is 0 Å². The number of nitrogens with zero attached hydrogens (tertiary/aromatic N) is 1. The standard InChI is InChI=1S/C25H35N3O3S/c1-18-11-15-28(16-12-18)14-6-13-26-25(29)22-10-9-20(3)24(17-22)32(30,31)27-23-8-5-7-19(2)21(23)4/h5,7-10,17-18,27H,6,11-16H2,1-4H3,(H,26,29). The second-order valence-corrected chi connectivity index (χ2v) is 10.6. The first-order chi connectivity index (χ1) is 15.2. The van der Waals surface area contributed by atoms with Gasteiger partial charge in [-0.05, 0) is 100 Å². The van der Waals surface area contributed by atoms with Crippen LogP contribution >= 0.6 is 0 Å². The summed E-state index contributed by atoms with van der Waals surface area (Å²) < 4.78 is 28.8. The van der Waals surface area contributed by atoms with E-state index in [1.54, 1.807) is 25.1 Å². The molecule has 1 amide bonds. The zero-order valence-corrected chi connectivity index (χ0v) is 20.4. The Labute approximate surface area is 192 Å². The first-order valence-corrected chi connectivity index (χ1v) is 12.9. The molecule has 0 aliphatic carbocycles. The molecule has 1 aliphatic rings. The zero-order chi connectivity index (χ0) is 23.3. The van der Waals surface area contributed by atoms with Crippen LogP contribution in [0.2, 0.25) is 0 Å². The molecule has 0 radical (unpaired) electrons. The summed E-state index contributed by atoms with van der Waals surface area (Å²) in [6.07, 6.45) is 3.36. The predicted octanol–water partition coefficient (Wildman–Crippen LogP) is 4.26. The maximum absolute atomic E-state index is 13.1. The predicted molar refractivity (Wildman–Crippen MR) is 130 cm³/mol. The van der Waals surface area contributed by atoms with Gasteiger partial charge in [0.1, 0.15) is 0 Å². The van der Waals surface area contributed by atoms with Crippen molar-refractivity contribution in [3.05, 3.63) is 58.7 Å². The molecule has 174 valence electrons. The van der Waals surface area contributed by atoms with Crippen molar-refractivity contribution in [2.24, 2.45) is 5.92 Å². The minimum atomic E-state index is -3.82. The topological polar surface area (TPSA) is 78.5 Å². The smallest absolute Gasteiger partial charge is 0.262 e. The molecule has 3 rings (SSSR count). The summed E-state index contributed by atoms with van der Waals surface area (Å²) in [5, 5.41) is 2.93. The van der Waals surface area contributed by atoms with Gasteiger partial charge in [0.15, 0.2) is 0 Å². The van der Waals surface area contributed by atoms with Crippen molar-refractivity contribution >= 4 is 21.6 Å². The Morgan fingerprint density at radius 1 is 1.06 bits per heavy atom. The highest BCUT2D eigenvalue weighted by atomic mass is 32.2. The third-order valence-corrected chi connectivity index (χ3v) is 7.91. The number of anilines is 1. The van der Waals surface area contributed by atoms with E-state index in [1.165, 1.54) is 18.9 Å². The largest absolute Gasteiger partial charge is 0.352 e. The molecule has 1 aliphatic heterocycles. The second kappa shape index (κ2) is 10.5. The highest BCUT2D eigenvalue weighted by Crippen LogP contribution is 2.24. The monoisotopic (exact) mass is 457 g/mol. The number of nitrogens with one attached hydrogen (secondary N) is 2. The maximum Gasteiger partial charge on any atom is 0.262 e. The van der Waals surface area contributed by atoms with Crippen molar-refractivity contribution in [1.29, 1.82) is 0 Å². The summed E-state index contributed by atoms with van der Waals surface area (Å²) in [5.74, 6) is 0.558. The number of aryl methyl sites for hydroxylation is 2. The number of hydrogen-bond acceptors (Lipinski definition) is 4. The Morgan fingerprint density at radius 3 is 2.50 bits per heavy atom. The van der Waals surface area contributed by atoms with Crippen LogP contribution in [-0.4, -0.2) is 45.4 Å². The summed E-state index contributed by atoms with van der Waals surface area (Å²) in [4.78, 5) is 15.2. The number of benzene rings is 2. The number of piperidine rings is 1. The van der Waals surface area contributed by atoms with Crippen LogP contribution in [0.3, 0.4) is 0 Å². The first-order valence-electron chi connectivity index (χ1n) is 11.4. The van der Waals surface area contributed by atoms with Crippen LogP contribution in [0.4, 0.5) is 5.69 Å². The SMILES string of the molecule is Cc1ccc(C(=O)NCCCN2CCC(C)CC2)cc1S(=O)(=O)Nc1cccc(C)c1C. The quantitative estimate of drug-likeness (QED) is 0.581. The van der Waals surface area contributed by atoms with Crippen molar-refractivity contribution in [1.82, 2.24) is 10.2 Å². The zero-order valence-electron chi connectivity index (χ0n) is 19.6. The van der Waals surface area contributed by atoms with Crippen molar-refractivity contribution in [3.63, 3.8) is 0 Å². The van der Waals surface area contributed by atoms with Crippen LogP contribution in [0.1, 0.15) is 53.2 Å². The van der Waals surface area contributed by atoms with Crippen LogP contribution in [0, 0.1) is 26.7 Å². The second-order valence-electron chi connectivity index (χ2n) is 8.97. The van der Waals surface area contributed by atoms with E-state index in [9.17, 15) is 13.2 Å². The summed E-state index contributed by atoms with van der Waals surface area (Å²) in [6, 6.07) is 10.3. The van der Waals surface area contributed by atoms with Gasteiger partial charge in [-0.15, -0.1) is 0 Å². The molecule has 0 bridgehead atoms. The van der Waals surface area contributed by atoms with E-state index in [1.807, 2.05) is 26.0 Å². The number of sulfonamides is 1. The molecule has 0 spiro atoms. The number of carbonyl (C=O) groups is 1. The molecule has 0 aromatic heterocycles. The third-order valence-electron chi connectivity index (χ3n) is 6.40. The summed E-state index contributed by atoms with van der Waals surface area (Å²) in [7, 11) is -3.82. The Balaban J connectivity index is 1.62. The minimum absolute atomic E-state index is 0.119. The van der Waals surface area contributed by atoms with Gasteiger partial charge in [0.2, 0.25) is 0 Å². The van der Waals surface area contributed by atoms with Crippen LogP contribution in [0.25, 0.3) is 0 Å². The summed E-state index contributed by atoms with van der Waals surface area (Å²) in [5.41, 5.74) is 3.38. The molecule has 7 heteroatoms. The van der Waals surface area contributed by atoms with E-state index in [-0.39, 0.29) is 10.8 Å². The van der Waals surface area contributed by atoms with Gasteiger partial charge in [0, 0.05) is 12.1 Å². The average molecular weight is 458 g/mol. The minimum Gasteiger partial charge on any atom is -0.352 e. The van der Waals surface area contributed by atoms with Crippen molar-refractivity contribution < 1.29 is 13.2 Å². The van der Waals surface area contributed by atoms with Gasteiger partial charge in [-0.25, -0.2) is 8.42 Å². The number of rotatable bonds is 8. The molecule has 2 aromatic carbocycles. The molecule has 0 unspecified atom stereocenters. The van der Waals surface area contributed by atoms with Crippen LogP contribution < -0.4 is 10.0 Å². The Morgan fingerprint density at radius 2 is 1.78 bits per heavy atom. The number of carbonyl (C=O) groups excluding carboxylic acids is 1. The van der Waals surface area contributed by atoms with Crippen molar-refractivity contribution in [2.75, 3.05) is 30.9 Å². The molecule has 0 saturated carbocycles. The van der Waals surface area contributed by atoms with Crippen LogP contribution in [0.15, 0.2) is 41.3 Å². The van der Waals surface area contributed by atoms with Gasteiger partial charge in [0.25, 0.3) is 15.9 Å². The van der Waals surface area contributed by atoms with Gasteiger partial charge in [-0.2, -0.15) is 0 Å². The van der Waals surface area contributed by atoms with Gasteiger partial charge < -0.3 is 10.2 Å². The molecule has 1 fully saturated rings. The van der Waals surface area contributed by atoms with Gasteiger partial charge in [-0.3, -0.25) is 9.52 Å². The molecule has 1 heterocycles. The fourth-order valence-electron chi connectivity index (χ4n) is 3.98. The lowest BCUT2D eigenvalue weighted by Crippen LogP contribution is -2.35. The van der Waals surface area contributed by atoms with E-state index < -0.39 is 10.0 Å². The van der Waals surface area contributed by atoms with Gasteiger partial charge in [-0.1, -0.05) is 25.1 Å². The first kappa shape index (κ1) is 24.3. The molecular weight excluding hydrogens is 422 g/mol. The lowest BCUT2D eigenvalue weighted by atomic mass is 9.99. The normalized spacial score (nSPS) is 15.5. The summed E-state index contributed by atoms with van der Waals surface area (Å²) >= 11 is 0. The lowest BCUT2D eigenvalue weighted by Gasteiger charge is -2.30. The third kappa shape index (κ3) is 6.11. The molecule has 32 heavy (non-hydrogen) atoms. The highest BCUT2D eigenvalue weighted by molar-refractivity contribution is 7.92. The lowest BCUT2D eigenvalue weighted by molar-refractivity contribution is 0.0950. The fraction of sp³-hybridized carbons (Fsp3) is 0.480. The van der Waals surface area contributed by atoms with Gasteiger partial charge in [0.05, 0.1) is 10.6 Å². The molecule has 0 atom stereocenters. The van der Waals surface area contributed by atoms with Crippen LogP contribution in [0.5, 0.6) is 0 Å². The fourth-order valence-corrected chi connectivity index (χ4v) is 5.38. The molecule has 2 aromatic rings. The molecule has 2 N–H and O–H groups in total. The number of amides is 1. The van der Waals surface area contributed by atoms with Crippen molar-refractivity contribution in [2.45, 2.75) is 51.9 Å².